The number of aromatic amines is 1. The summed E-state index contributed by atoms with van der Waals surface area (Å²) in [6.07, 6.45) is 2.74. The van der Waals surface area contributed by atoms with E-state index < -0.39 is 11.2 Å². The lowest BCUT2D eigenvalue weighted by Crippen LogP contribution is -2.41. The topological polar surface area (TPSA) is 124 Å². The van der Waals surface area contributed by atoms with Gasteiger partial charge in [0, 0.05) is 26.6 Å². The van der Waals surface area contributed by atoms with Crippen LogP contribution in [0.4, 0.5) is 11.5 Å². The molecule has 2 aromatic rings. The van der Waals surface area contributed by atoms with Gasteiger partial charge in [-0.3, -0.25) is 19.0 Å². The van der Waals surface area contributed by atoms with Crippen LogP contribution in [-0.4, -0.2) is 30.9 Å². The van der Waals surface area contributed by atoms with Crippen LogP contribution in [0.5, 0.6) is 0 Å². The predicted molar refractivity (Wildman–Crippen MR) is 79.2 cm³/mol. The molecule has 9 nitrogen and oxygen atoms in total. The van der Waals surface area contributed by atoms with Crippen LogP contribution in [0.1, 0.15) is 19.2 Å². The minimum Gasteiger partial charge on any atom is -0.383 e. The Hall–Kier alpha value is -2.58. The van der Waals surface area contributed by atoms with Crippen molar-refractivity contribution in [3.05, 3.63) is 33.0 Å². The van der Waals surface area contributed by atoms with Gasteiger partial charge in [-0.1, -0.05) is 6.92 Å². The molecule has 0 radical (unpaired) electrons. The Bertz CT molecular complexity index is 714. The molecule has 0 saturated heterocycles. The van der Waals surface area contributed by atoms with Gasteiger partial charge >= 0.3 is 5.69 Å². The van der Waals surface area contributed by atoms with Gasteiger partial charge in [0.1, 0.15) is 23.7 Å². The maximum atomic E-state index is 12.1. The van der Waals surface area contributed by atoms with Crippen molar-refractivity contribution in [3.63, 3.8) is 0 Å². The van der Waals surface area contributed by atoms with Crippen molar-refractivity contribution in [2.24, 2.45) is 7.05 Å². The van der Waals surface area contributed by atoms with E-state index in [1.807, 2.05) is 6.92 Å². The number of aromatic nitrogens is 5. The first-order chi connectivity index (χ1) is 10.1. The minimum atomic E-state index is -0.428. The molecule has 0 bridgehead atoms. The number of nitrogens with two attached hydrogens (primary N) is 1. The number of anilines is 2. The van der Waals surface area contributed by atoms with Gasteiger partial charge in [-0.05, 0) is 6.42 Å². The number of nitrogens with zero attached hydrogens (tertiary/aromatic N) is 4. The Morgan fingerprint density at radius 2 is 2.19 bits per heavy atom. The molecule has 2 aromatic heterocycles. The lowest BCUT2D eigenvalue weighted by atomic mass is 10.3. The Morgan fingerprint density at radius 3 is 2.81 bits per heavy atom. The van der Waals surface area contributed by atoms with Crippen molar-refractivity contribution in [2.45, 2.75) is 26.3 Å². The highest BCUT2D eigenvalue weighted by Crippen LogP contribution is 2.10. The van der Waals surface area contributed by atoms with Gasteiger partial charge in [0.15, 0.2) is 0 Å². The third-order valence-corrected chi connectivity index (χ3v) is 3.16. The molecule has 0 aliphatic carbocycles. The van der Waals surface area contributed by atoms with Crippen LogP contribution in [0.25, 0.3) is 0 Å². The zero-order chi connectivity index (χ0) is 15.4. The third kappa shape index (κ3) is 2.96. The second-order valence-corrected chi connectivity index (χ2v) is 4.67. The molecule has 0 spiro atoms. The third-order valence-electron chi connectivity index (χ3n) is 3.16. The summed E-state index contributed by atoms with van der Waals surface area (Å²) in [5.41, 5.74) is 5.36. The maximum absolute atomic E-state index is 12.1. The van der Waals surface area contributed by atoms with E-state index in [0.29, 0.717) is 25.3 Å². The van der Waals surface area contributed by atoms with Gasteiger partial charge in [0.05, 0.1) is 0 Å². The monoisotopic (exact) mass is 293 g/mol. The fourth-order valence-corrected chi connectivity index (χ4v) is 2.05. The molecular formula is C12H19N7O2. The summed E-state index contributed by atoms with van der Waals surface area (Å²) in [4.78, 5) is 28.1. The first kappa shape index (κ1) is 14.8. The molecule has 9 heteroatoms. The average Bonchev–Trinajstić information content (AvgIpc) is 2.98. The van der Waals surface area contributed by atoms with Crippen molar-refractivity contribution in [1.82, 2.24) is 24.3 Å². The van der Waals surface area contributed by atoms with Gasteiger partial charge in [-0.2, -0.15) is 5.10 Å². The largest absolute Gasteiger partial charge is 0.383 e. The number of hydrogen-bond acceptors (Lipinski definition) is 6. The average molecular weight is 293 g/mol. The Balaban J connectivity index is 2.26. The van der Waals surface area contributed by atoms with Crippen LogP contribution >= 0.6 is 0 Å². The molecule has 0 aromatic carbocycles. The summed E-state index contributed by atoms with van der Waals surface area (Å²) < 4.78 is 2.46. The molecule has 0 atom stereocenters. The predicted octanol–water partition coefficient (Wildman–Crippen LogP) is -0.688. The number of H-pyrrole nitrogens is 1. The molecule has 21 heavy (non-hydrogen) atoms. The minimum absolute atomic E-state index is 0.169. The molecule has 0 unspecified atom stereocenters. The van der Waals surface area contributed by atoms with Crippen LogP contribution in [0.2, 0.25) is 0 Å². The Labute approximate surface area is 120 Å². The van der Waals surface area contributed by atoms with Crippen LogP contribution in [0.15, 0.2) is 15.9 Å². The van der Waals surface area contributed by atoms with Crippen molar-refractivity contribution in [3.8, 4) is 0 Å². The molecule has 2 heterocycles. The van der Waals surface area contributed by atoms with Crippen LogP contribution < -0.4 is 22.3 Å². The SMILES string of the molecule is CCCn1c(N)c(NCCc2ncn[nH]2)c(=O)n(C)c1=O. The molecule has 0 aliphatic heterocycles. The van der Waals surface area contributed by atoms with Gasteiger partial charge in [-0.15, -0.1) is 0 Å². The van der Waals surface area contributed by atoms with Gasteiger partial charge < -0.3 is 11.1 Å². The van der Waals surface area contributed by atoms with E-state index in [1.54, 1.807) is 0 Å². The van der Waals surface area contributed by atoms with E-state index >= 15 is 0 Å². The first-order valence-electron chi connectivity index (χ1n) is 6.73. The lowest BCUT2D eigenvalue weighted by molar-refractivity contribution is 0.600. The Kier molecular flexibility index (Phi) is 4.41. The smallest absolute Gasteiger partial charge is 0.332 e. The Morgan fingerprint density at radius 1 is 1.43 bits per heavy atom. The normalized spacial score (nSPS) is 10.8. The number of nitrogen functional groups attached to an aromatic ring is 1. The quantitative estimate of drug-likeness (QED) is 0.648. The summed E-state index contributed by atoms with van der Waals surface area (Å²) in [6, 6.07) is 0. The van der Waals surface area contributed by atoms with E-state index in [9.17, 15) is 9.59 Å². The second kappa shape index (κ2) is 6.25. The molecule has 0 amide bonds. The summed E-state index contributed by atoms with van der Waals surface area (Å²) in [5, 5.41) is 9.46. The molecule has 0 aliphatic rings. The van der Waals surface area contributed by atoms with Gasteiger partial charge in [0.25, 0.3) is 5.56 Å². The van der Waals surface area contributed by atoms with Crippen LogP contribution in [0, 0.1) is 0 Å². The molecule has 4 N–H and O–H groups in total. The van der Waals surface area contributed by atoms with Crippen molar-refractivity contribution in [2.75, 3.05) is 17.6 Å². The fraction of sp³-hybridized carbons (Fsp3) is 0.500. The van der Waals surface area contributed by atoms with Crippen molar-refractivity contribution >= 4 is 11.5 Å². The van der Waals surface area contributed by atoms with E-state index in [-0.39, 0.29) is 11.5 Å². The van der Waals surface area contributed by atoms with Crippen molar-refractivity contribution in [1.29, 1.82) is 0 Å². The van der Waals surface area contributed by atoms with E-state index in [4.69, 9.17) is 5.73 Å². The molecular weight excluding hydrogens is 274 g/mol. The lowest BCUT2D eigenvalue weighted by Gasteiger charge is -2.15. The first-order valence-corrected chi connectivity index (χ1v) is 6.73. The zero-order valence-corrected chi connectivity index (χ0v) is 12.1. The summed E-state index contributed by atoms with van der Waals surface area (Å²) in [6.45, 7) is 2.86. The second-order valence-electron chi connectivity index (χ2n) is 4.67. The molecule has 2 rings (SSSR count). The highest BCUT2D eigenvalue weighted by Gasteiger charge is 2.14. The van der Waals surface area contributed by atoms with E-state index in [0.717, 1.165) is 11.0 Å². The van der Waals surface area contributed by atoms with E-state index in [2.05, 4.69) is 20.5 Å². The summed E-state index contributed by atoms with van der Waals surface area (Å²) in [7, 11) is 1.44. The molecule has 114 valence electrons. The standard InChI is InChI=1S/C12H19N7O2/c1-3-6-19-10(13)9(11(20)18(2)12(19)21)14-5-4-8-15-7-16-17-8/h7,14H,3-6,13H2,1-2H3,(H,15,16,17). The summed E-state index contributed by atoms with van der Waals surface area (Å²) in [5.74, 6) is 0.877. The molecule has 0 fully saturated rings. The van der Waals surface area contributed by atoms with Crippen LogP contribution in [-0.2, 0) is 20.0 Å². The van der Waals surface area contributed by atoms with E-state index in [1.165, 1.54) is 17.9 Å². The summed E-state index contributed by atoms with van der Waals surface area (Å²) >= 11 is 0. The number of nitrogens with one attached hydrogen (secondary N) is 2. The highest BCUT2D eigenvalue weighted by atomic mass is 16.2. The number of rotatable bonds is 6. The van der Waals surface area contributed by atoms with Gasteiger partial charge in [-0.25, -0.2) is 9.78 Å². The maximum Gasteiger partial charge on any atom is 0.332 e. The fourth-order valence-electron chi connectivity index (χ4n) is 2.05. The van der Waals surface area contributed by atoms with Gasteiger partial charge in [0.2, 0.25) is 0 Å². The number of hydrogen-bond donors (Lipinski definition) is 3. The molecule has 0 saturated carbocycles. The van der Waals surface area contributed by atoms with Crippen LogP contribution in [0.3, 0.4) is 0 Å². The zero-order valence-electron chi connectivity index (χ0n) is 12.1. The highest BCUT2D eigenvalue weighted by molar-refractivity contribution is 5.60. The van der Waals surface area contributed by atoms with Crippen molar-refractivity contribution < 1.29 is 0 Å².